The molecule has 2 aliphatic carbocycles. The highest BCUT2D eigenvalue weighted by Gasteiger charge is 2.38. The lowest BCUT2D eigenvalue weighted by Crippen LogP contribution is -2.59. The van der Waals surface area contributed by atoms with Crippen molar-refractivity contribution in [1.29, 1.82) is 0 Å². The first-order valence-corrected chi connectivity index (χ1v) is 9.88. The van der Waals surface area contributed by atoms with Gasteiger partial charge in [0.25, 0.3) is 0 Å². The number of nitrogens with one attached hydrogen (secondary N) is 1. The molecule has 2 bridgehead atoms. The fourth-order valence-corrected chi connectivity index (χ4v) is 5.92. The molecule has 21 heavy (non-hydrogen) atoms. The Morgan fingerprint density at radius 1 is 0.619 bits per heavy atom. The van der Waals surface area contributed by atoms with Gasteiger partial charge in [-0.3, -0.25) is 0 Å². The van der Waals surface area contributed by atoms with Gasteiger partial charge in [-0.25, -0.2) is 0 Å². The Bertz CT molecular complexity index is 328. The molecule has 3 atom stereocenters. The summed E-state index contributed by atoms with van der Waals surface area (Å²) in [5.74, 6) is 3.05. The van der Waals surface area contributed by atoms with Crippen LogP contribution in [0.1, 0.15) is 70.6 Å². The summed E-state index contributed by atoms with van der Waals surface area (Å²) in [4.78, 5) is 2.70. The molecule has 3 saturated heterocycles. The molecule has 2 saturated carbocycles. The van der Waals surface area contributed by atoms with Crippen molar-refractivity contribution in [2.24, 2.45) is 17.8 Å². The molecule has 0 aromatic carbocycles. The predicted molar refractivity (Wildman–Crippen MR) is 88.4 cm³/mol. The first-order valence-electron chi connectivity index (χ1n) is 9.88. The van der Waals surface area contributed by atoms with Gasteiger partial charge in [-0.1, -0.05) is 44.9 Å². The van der Waals surface area contributed by atoms with Crippen LogP contribution in [0, 0.1) is 17.8 Å². The molecule has 3 heterocycles. The van der Waals surface area contributed by atoms with Crippen LogP contribution in [0.2, 0.25) is 0 Å². The SMILES string of the molecule is C1CCC(C2CCCCC2NC2CN3CCC2CC3)CC1. The quantitative estimate of drug-likeness (QED) is 0.850. The summed E-state index contributed by atoms with van der Waals surface area (Å²) >= 11 is 0. The minimum atomic E-state index is 0.821. The van der Waals surface area contributed by atoms with Crippen molar-refractivity contribution in [1.82, 2.24) is 10.2 Å². The third-order valence-electron chi connectivity index (χ3n) is 7.16. The Labute approximate surface area is 131 Å². The van der Waals surface area contributed by atoms with Crippen molar-refractivity contribution in [2.45, 2.75) is 82.7 Å². The van der Waals surface area contributed by atoms with Crippen LogP contribution in [0.4, 0.5) is 0 Å². The van der Waals surface area contributed by atoms with E-state index in [1.807, 2.05) is 0 Å². The lowest BCUT2D eigenvalue weighted by molar-refractivity contribution is 0.0490. The molecule has 0 radical (unpaired) electrons. The second-order valence-corrected chi connectivity index (χ2v) is 8.36. The fourth-order valence-electron chi connectivity index (χ4n) is 5.92. The largest absolute Gasteiger partial charge is 0.309 e. The molecule has 5 aliphatic rings. The van der Waals surface area contributed by atoms with Gasteiger partial charge in [0.1, 0.15) is 0 Å². The third kappa shape index (κ3) is 3.17. The molecule has 0 spiro atoms. The minimum Gasteiger partial charge on any atom is -0.309 e. The van der Waals surface area contributed by atoms with E-state index in [2.05, 4.69) is 10.2 Å². The number of rotatable bonds is 3. The first kappa shape index (κ1) is 14.5. The average molecular weight is 290 g/mol. The Morgan fingerprint density at radius 2 is 1.33 bits per heavy atom. The van der Waals surface area contributed by atoms with Crippen LogP contribution >= 0.6 is 0 Å². The summed E-state index contributed by atoms with van der Waals surface area (Å²) in [5, 5.41) is 4.19. The van der Waals surface area contributed by atoms with Crippen LogP contribution < -0.4 is 5.32 Å². The van der Waals surface area contributed by atoms with Gasteiger partial charge >= 0.3 is 0 Å². The third-order valence-corrected chi connectivity index (χ3v) is 7.16. The molecule has 2 nitrogen and oxygen atoms in total. The van der Waals surface area contributed by atoms with E-state index in [9.17, 15) is 0 Å². The van der Waals surface area contributed by atoms with E-state index < -0.39 is 0 Å². The maximum absolute atomic E-state index is 4.19. The molecule has 0 aromatic heterocycles. The molecular formula is C19H34N2. The van der Waals surface area contributed by atoms with Crippen molar-refractivity contribution in [3.63, 3.8) is 0 Å². The zero-order chi connectivity index (χ0) is 14.1. The lowest BCUT2D eigenvalue weighted by Gasteiger charge is -2.48. The number of nitrogens with zero attached hydrogens (tertiary/aromatic N) is 1. The maximum Gasteiger partial charge on any atom is 0.0226 e. The molecule has 5 fully saturated rings. The monoisotopic (exact) mass is 290 g/mol. The molecule has 1 N–H and O–H groups in total. The van der Waals surface area contributed by atoms with Gasteiger partial charge in [-0.05, 0) is 56.5 Å². The van der Waals surface area contributed by atoms with Gasteiger partial charge in [-0.2, -0.15) is 0 Å². The van der Waals surface area contributed by atoms with E-state index in [-0.39, 0.29) is 0 Å². The molecule has 3 aliphatic heterocycles. The number of fused-ring (bicyclic) bond motifs is 3. The standard InChI is InChI=1S/C19H34N2/c1-2-6-15(7-3-1)17-8-4-5-9-18(17)20-19-14-21-12-10-16(19)11-13-21/h15-20H,1-14H2. The first-order chi connectivity index (χ1) is 10.4. The van der Waals surface area contributed by atoms with Crippen molar-refractivity contribution in [3.8, 4) is 0 Å². The molecule has 2 heteroatoms. The van der Waals surface area contributed by atoms with E-state index in [4.69, 9.17) is 0 Å². The summed E-state index contributed by atoms with van der Waals surface area (Å²) < 4.78 is 0. The molecule has 0 aromatic rings. The van der Waals surface area contributed by atoms with Gasteiger partial charge in [0, 0.05) is 18.6 Å². The van der Waals surface area contributed by atoms with Gasteiger partial charge in [0.15, 0.2) is 0 Å². The van der Waals surface area contributed by atoms with Crippen molar-refractivity contribution < 1.29 is 0 Å². The number of hydrogen-bond acceptors (Lipinski definition) is 2. The Kier molecular flexibility index (Phi) is 4.55. The molecule has 5 rings (SSSR count). The normalized spacial score (nSPS) is 44.9. The second kappa shape index (κ2) is 6.58. The Balaban J connectivity index is 1.39. The summed E-state index contributed by atoms with van der Waals surface area (Å²) in [7, 11) is 0. The van der Waals surface area contributed by atoms with E-state index >= 15 is 0 Å². The Hall–Kier alpha value is -0.0800. The zero-order valence-electron chi connectivity index (χ0n) is 13.7. The highest BCUT2D eigenvalue weighted by atomic mass is 15.2. The van der Waals surface area contributed by atoms with Gasteiger partial charge in [0.2, 0.25) is 0 Å². The van der Waals surface area contributed by atoms with Gasteiger partial charge in [-0.15, -0.1) is 0 Å². The predicted octanol–water partition coefficient (Wildman–Crippen LogP) is 3.81. The van der Waals surface area contributed by atoms with Crippen molar-refractivity contribution >= 4 is 0 Å². The van der Waals surface area contributed by atoms with Crippen LogP contribution in [0.15, 0.2) is 0 Å². The molecule has 120 valence electrons. The molecule has 0 amide bonds. The fraction of sp³-hybridized carbons (Fsp3) is 1.00. The van der Waals surface area contributed by atoms with E-state index in [1.54, 1.807) is 0 Å². The topological polar surface area (TPSA) is 15.3 Å². The van der Waals surface area contributed by atoms with Gasteiger partial charge < -0.3 is 10.2 Å². The lowest BCUT2D eigenvalue weighted by atomic mass is 9.70. The number of piperidine rings is 3. The number of hydrogen-bond donors (Lipinski definition) is 1. The second-order valence-electron chi connectivity index (χ2n) is 8.36. The zero-order valence-corrected chi connectivity index (χ0v) is 13.7. The van der Waals surface area contributed by atoms with Crippen LogP contribution in [-0.4, -0.2) is 36.6 Å². The molecule has 3 unspecified atom stereocenters. The summed E-state index contributed by atoms with van der Waals surface area (Å²) in [6, 6.07) is 1.68. The van der Waals surface area contributed by atoms with E-state index in [1.165, 1.54) is 90.3 Å². The van der Waals surface area contributed by atoms with E-state index in [0.717, 1.165) is 29.8 Å². The van der Waals surface area contributed by atoms with Crippen LogP contribution in [0.5, 0.6) is 0 Å². The maximum atomic E-state index is 4.19. The minimum absolute atomic E-state index is 0.821. The summed E-state index contributed by atoms with van der Waals surface area (Å²) in [6.07, 6.45) is 16.4. The highest BCUT2D eigenvalue weighted by molar-refractivity contribution is 4.95. The van der Waals surface area contributed by atoms with Crippen molar-refractivity contribution in [2.75, 3.05) is 19.6 Å². The van der Waals surface area contributed by atoms with Crippen molar-refractivity contribution in [3.05, 3.63) is 0 Å². The Morgan fingerprint density at radius 3 is 2.05 bits per heavy atom. The van der Waals surface area contributed by atoms with Crippen LogP contribution in [0.25, 0.3) is 0 Å². The van der Waals surface area contributed by atoms with Crippen LogP contribution in [0.3, 0.4) is 0 Å². The summed E-state index contributed by atoms with van der Waals surface area (Å²) in [6.45, 7) is 4.09. The van der Waals surface area contributed by atoms with Gasteiger partial charge in [0.05, 0.1) is 0 Å². The molecular weight excluding hydrogens is 256 g/mol. The van der Waals surface area contributed by atoms with E-state index in [0.29, 0.717) is 0 Å². The smallest absolute Gasteiger partial charge is 0.0226 e. The summed E-state index contributed by atoms with van der Waals surface area (Å²) in [5.41, 5.74) is 0. The highest BCUT2D eigenvalue weighted by Crippen LogP contribution is 2.39. The van der Waals surface area contributed by atoms with Crippen LogP contribution in [-0.2, 0) is 0 Å². The average Bonchev–Trinajstić information content (AvgIpc) is 2.57.